The molecule has 1 atom stereocenters. The van der Waals surface area contributed by atoms with Gasteiger partial charge in [0.25, 0.3) is 0 Å². The van der Waals surface area contributed by atoms with Crippen LogP contribution < -0.4 is 5.32 Å². The van der Waals surface area contributed by atoms with E-state index in [0.29, 0.717) is 32.4 Å². The fourth-order valence-corrected chi connectivity index (χ4v) is 3.93. The number of amides is 2. The summed E-state index contributed by atoms with van der Waals surface area (Å²) in [5.41, 5.74) is 4.34. The number of benzene rings is 3. The summed E-state index contributed by atoms with van der Waals surface area (Å²) in [6, 6.07) is 27.5. The Kier molecular flexibility index (Phi) is 9.25. The van der Waals surface area contributed by atoms with E-state index in [1.807, 2.05) is 98.8 Å². The second-order valence-corrected chi connectivity index (χ2v) is 8.43. The minimum atomic E-state index is -0.568. The minimum Gasteiger partial charge on any atom is -0.354 e. The highest BCUT2D eigenvalue weighted by Crippen LogP contribution is 2.18. The Morgan fingerprint density at radius 3 is 2.09 bits per heavy atom. The first kappa shape index (κ1) is 24.2. The maximum absolute atomic E-state index is 13.6. The monoisotopic (exact) mass is 442 g/mol. The molecule has 0 fully saturated rings. The van der Waals surface area contributed by atoms with Gasteiger partial charge in [0.05, 0.1) is 0 Å². The largest absolute Gasteiger partial charge is 0.354 e. The molecule has 2 amide bonds. The molecule has 0 saturated carbocycles. The van der Waals surface area contributed by atoms with Crippen LogP contribution in [0, 0.1) is 6.92 Å². The zero-order valence-electron chi connectivity index (χ0n) is 19.7. The topological polar surface area (TPSA) is 49.4 Å². The second-order valence-electron chi connectivity index (χ2n) is 8.43. The van der Waals surface area contributed by atoms with Crippen molar-refractivity contribution < 1.29 is 9.59 Å². The van der Waals surface area contributed by atoms with E-state index >= 15 is 0 Å². The number of carbonyl (C=O) groups is 2. The number of nitrogens with zero attached hydrogens (tertiary/aromatic N) is 1. The van der Waals surface area contributed by atoms with Crippen LogP contribution in [0.4, 0.5) is 0 Å². The lowest BCUT2D eigenvalue weighted by Crippen LogP contribution is -2.50. The predicted molar refractivity (Wildman–Crippen MR) is 134 cm³/mol. The zero-order valence-corrected chi connectivity index (χ0v) is 19.7. The lowest BCUT2D eigenvalue weighted by Gasteiger charge is -2.32. The maximum atomic E-state index is 13.6. The van der Waals surface area contributed by atoms with Crippen LogP contribution in [0.5, 0.6) is 0 Å². The van der Waals surface area contributed by atoms with Gasteiger partial charge in [0.1, 0.15) is 6.04 Å². The number of rotatable bonds is 11. The molecule has 1 N–H and O–H groups in total. The van der Waals surface area contributed by atoms with Gasteiger partial charge in [-0.05, 0) is 42.0 Å². The molecule has 1 unspecified atom stereocenters. The van der Waals surface area contributed by atoms with Crippen LogP contribution >= 0.6 is 0 Å². The Morgan fingerprint density at radius 2 is 1.45 bits per heavy atom. The van der Waals surface area contributed by atoms with E-state index in [2.05, 4.69) is 5.32 Å². The van der Waals surface area contributed by atoms with Crippen molar-refractivity contribution in [2.75, 3.05) is 6.54 Å². The highest BCUT2D eigenvalue weighted by atomic mass is 16.2. The Hall–Kier alpha value is -3.40. The fraction of sp³-hybridized carbons (Fsp3) is 0.310. The average molecular weight is 443 g/mol. The standard InChI is InChI=1S/C29H34N2O2/c1-3-20-30-29(33)27(21-25-15-8-5-9-16-25)31(22-26-17-11-10-12-23(26)2)28(32)19-18-24-13-6-4-7-14-24/h4-17,27H,3,18-22H2,1-2H3,(H,30,33). The van der Waals surface area contributed by atoms with Gasteiger partial charge in [-0.2, -0.15) is 0 Å². The molecule has 0 aliphatic heterocycles. The van der Waals surface area contributed by atoms with Gasteiger partial charge in [-0.15, -0.1) is 0 Å². The third-order valence-corrected chi connectivity index (χ3v) is 5.89. The van der Waals surface area contributed by atoms with Gasteiger partial charge in [0.15, 0.2) is 0 Å². The van der Waals surface area contributed by atoms with Crippen LogP contribution in [-0.2, 0) is 29.0 Å². The van der Waals surface area contributed by atoms with E-state index in [4.69, 9.17) is 0 Å². The van der Waals surface area contributed by atoms with Gasteiger partial charge < -0.3 is 10.2 Å². The fourth-order valence-electron chi connectivity index (χ4n) is 3.93. The van der Waals surface area contributed by atoms with Gasteiger partial charge >= 0.3 is 0 Å². The summed E-state index contributed by atoms with van der Waals surface area (Å²) in [5, 5.41) is 3.03. The molecule has 0 radical (unpaired) electrons. The number of hydrogen-bond donors (Lipinski definition) is 1. The van der Waals surface area contributed by atoms with E-state index in [0.717, 1.165) is 28.7 Å². The second kappa shape index (κ2) is 12.6. The molecule has 0 bridgehead atoms. The van der Waals surface area contributed by atoms with Crippen molar-refractivity contribution in [2.24, 2.45) is 0 Å². The van der Waals surface area contributed by atoms with Crippen LogP contribution in [-0.4, -0.2) is 29.3 Å². The molecule has 3 rings (SSSR count). The smallest absolute Gasteiger partial charge is 0.243 e. The molecule has 0 aromatic heterocycles. The number of carbonyl (C=O) groups excluding carboxylic acids is 2. The Balaban J connectivity index is 1.89. The Labute approximate surface area is 197 Å². The van der Waals surface area contributed by atoms with Crippen LogP contribution in [0.1, 0.15) is 42.0 Å². The normalized spacial score (nSPS) is 11.6. The van der Waals surface area contributed by atoms with E-state index in [-0.39, 0.29) is 11.8 Å². The summed E-state index contributed by atoms with van der Waals surface area (Å²) in [5.74, 6) is -0.1000. The lowest BCUT2D eigenvalue weighted by atomic mass is 10.0. The molecule has 4 nitrogen and oxygen atoms in total. The van der Waals surface area contributed by atoms with Crippen molar-refractivity contribution in [1.29, 1.82) is 0 Å². The number of hydrogen-bond acceptors (Lipinski definition) is 2. The van der Waals surface area contributed by atoms with Crippen LogP contribution in [0.15, 0.2) is 84.9 Å². The molecule has 0 spiro atoms. The molecule has 0 saturated heterocycles. The molecule has 0 aliphatic rings. The highest BCUT2D eigenvalue weighted by Gasteiger charge is 2.30. The van der Waals surface area contributed by atoms with Crippen molar-refractivity contribution in [1.82, 2.24) is 10.2 Å². The molecule has 3 aromatic carbocycles. The molecule has 0 heterocycles. The summed E-state index contributed by atoms with van der Waals surface area (Å²) in [4.78, 5) is 28.7. The molecular weight excluding hydrogens is 408 g/mol. The molecule has 3 aromatic rings. The first-order valence-corrected chi connectivity index (χ1v) is 11.8. The van der Waals surface area contributed by atoms with Crippen molar-refractivity contribution in [3.05, 3.63) is 107 Å². The highest BCUT2D eigenvalue weighted by molar-refractivity contribution is 5.88. The molecule has 172 valence electrons. The first-order valence-electron chi connectivity index (χ1n) is 11.8. The van der Waals surface area contributed by atoms with E-state index in [1.165, 1.54) is 0 Å². The third kappa shape index (κ3) is 7.31. The van der Waals surface area contributed by atoms with Crippen molar-refractivity contribution >= 4 is 11.8 Å². The Morgan fingerprint density at radius 1 is 0.848 bits per heavy atom. The third-order valence-electron chi connectivity index (χ3n) is 5.89. The number of nitrogens with one attached hydrogen (secondary N) is 1. The molecule has 4 heteroatoms. The van der Waals surface area contributed by atoms with Crippen molar-refractivity contribution in [2.45, 2.75) is 52.1 Å². The summed E-state index contributed by atoms with van der Waals surface area (Å²) in [6.45, 7) is 5.09. The van der Waals surface area contributed by atoms with Crippen molar-refractivity contribution in [3.8, 4) is 0 Å². The number of aryl methyl sites for hydroxylation is 2. The van der Waals surface area contributed by atoms with Gasteiger partial charge in [0, 0.05) is 25.9 Å². The quantitative estimate of drug-likeness (QED) is 0.449. The lowest BCUT2D eigenvalue weighted by molar-refractivity contribution is -0.141. The summed E-state index contributed by atoms with van der Waals surface area (Å²) in [7, 11) is 0. The van der Waals surface area contributed by atoms with Crippen LogP contribution in [0.3, 0.4) is 0 Å². The van der Waals surface area contributed by atoms with Gasteiger partial charge in [0.2, 0.25) is 11.8 Å². The van der Waals surface area contributed by atoms with Crippen LogP contribution in [0.2, 0.25) is 0 Å². The van der Waals surface area contributed by atoms with Gasteiger partial charge in [-0.3, -0.25) is 9.59 Å². The van der Waals surface area contributed by atoms with E-state index < -0.39 is 6.04 Å². The first-order chi connectivity index (χ1) is 16.1. The van der Waals surface area contributed by atoms with Crippen molar-refractivity contribution in [3.63, 3.8) is 0 Å². The maximum Gasteiger partial charge on any atom is 0.243 e. The average Bonchev–Trinajstić information content (AvgIpc) is 2.85. The summed E-state index contributed by atoms with van der Waals surface area (Å²) >= 11 is 0. The minimum absolute atomic E-state index is 0.00492. The van der Waals surface area contributed by atoms with Crippen LogP contribution in [0.25, 0.3) is 0 Å². The molecule has 0 aliphatic carbocycles. The zero-order chi connectivity index (χ0) is 23.5. The summed E-state index contributed by atoms with van der Waals surface area (Å²) in [6.07, 6.45) is 2.35. The van der Waals surface area contributed by atoms with Gasteiger partial charge in [-0.1, -0.05) is 91.9 Å². The molecular formula is C29H34N2O2. The SMILES string of the molecule is CCCNC(=O)C(Cc1ccccc1)N(Cc1ccccc1C)C(=O)CCc1ccccc1. The molecule has 33 heavy (non-hydrogen) atoms. The van der Waals surface area contributed by atoms with Gasteiger partial charge in [-0.25, -0.2) is 0 Å². The van der Waals surface area contributed by atoms with E-state index in [9.17, 15) is 9.59 Å². The summed E-state index contributed by atoms with van der Waals surface area (Å²) < 4.78 is 0. The predicted octanol–water partition coefficient (Wildman–Crippen LogP) is 5.09. The van der Waals surface area contributed by atoms with E-state index in [1.54, 1.807) is 4.90 Å². The Bertz CT molecular complexity index is 1020.